The first-order chi connectivity index (χ1) is 16.1. The average Bonchev–Trinajstić information content (AvgIpc) is 3.48. The van der Waals surface area contributed by atoms with Crippen LogP contribution in [0.2, 0.25) is 0 Å². The van der Waals surface area contributed by atoms with Crippen molar-refractivity contribution in [2.45, 2.75) is 16.6 Å². The minimum atomic E-state index is -0.425. The van der Waals surface area contributed by atoms with Crippen molar-refractivity contribution >= 4 is 41.0 Å². The predicted molar refractivity (Wildman–Crippen MR) is 125 cm³/mol. The van der Waals surface area contributed by atoms with Gasteiger partial charge >= 0.3 is 0 Å². The van der Waals surface area contributed by atoms with E-state index in [2.05, 4.69) is 25.5 Å². The van der Waals surface area contributed by atoms with Gasteiger partial charge in [0.15, 0.2) is 11.0 Å². The van der Waals surface area contributed by atoms with Crippen LogP contribution in [0.3, 0.4) is 0 Å². The van der Waals surface area contributed by atoms with Gasteiger partial charge in [0.25, 0.3) is 0 Å². The number of nitrogens with one attached hydrogen (secondary N) is 1. The molecule has 0 spiro atoms. The van der Waals surface area contributed by atoms with Crippen LogP contribution >= 0.6 is 23.5 Å². The van der Waals surface area contributed by atoms with Crippen LogP contribution in [0.1, 0.15) is 5.76 Å². The van der Waals surface area contributed by atoms with Crippen molar-refractivity contribution < 1.29 is 14.0 Å². The van der Waals surface area contributed by atoms with Crippen molar-refractivity contribution in [3.8, 4) is 11.5 Å². The van der Waals surface area contributed by atoms with Gasteiger partial charge in [0, 0.05) is 17.3 Å². The van der Waals surface area contributed by atoms with Crippen molar-refractivity contribution in [2.75, 3.05) is 16.8 Å². The number of nitrogens with two attached hydrogens (primary N) is 1. The molecule has 10 nitrogen and oxygen atoms in total. The van der Waals surface area contributed by atoms with E-state index in [1.54, 1.807) is 37.0 Å². The molecule has 0 aliphatic rings. The number of benzene rings is 1. The lowest BCUT2D eigenvalue weighted by Gasteiger charge is -2.11. The molecule has 0 radical (unpaired) electrons. The highest BCUT2D eigenvalue weighted by Crippen LogP contribution is 2.28. The fourth-order valence-electron chi connectivity index (χ4n) is 2.86. The van der Waals surface area contributed by atoms with E-state index in [0.717, 1.165) is 4.90 Å². The monoisotopic (exact) mass is 481 g/mol. The quantitative estimate of drug-likeness (QED) is 0.327. The Bertz CT molecular complexity index is 1230. The Balaban J connectivity index is 1.48. The van der Waals surface area contributed by atoms with Crippen LogP contribution in [0.25, 0.3) is 11.5 Å². The molecule has 4 rings (SSSR count). The van der Waals surface area contributed by atoms with Crippen LogP contribution in [-0.4, -0.2) is 48.1 Å². The molecule has 0 fully saturated rings. The van der Waals surface area contributed by atoms with Gasteiger partial charge in [-0.2, -0.15) is 0 Å². The van der Waals surface area contributed by atoms with Crippen LogP contribution in [0.5, 0.6) is 0 Å². The second-order valence-corrected chi connectivity index (χ2v) is 8.61. The van der Waals surface area contributed by atoms with Gasteiger partial charge in [-0.05, 0) is 24.3 Å². The molecule has 0 saturated heterocycles. The zero-order valence-corrected chi connectivity index (χ0v) is 18.9. The molecule has 168 valence electrons. The fraction of sp³-hybridized carbons (Fsp3) is 0.143. The summed E-state index contributed by atoms with van der Waals surface area (Å²) >= 11 is 2.51. The molecule has 0 atom stereocenters. The Kier molecular flexibility index (Phi) is 7.37. The third-order valence-electron chi connectivity index (χ3n) is 4.27. The normalized spacial score (nSPS) is 10.8. The number of rotatable bonds is 10. The molecule has 0 bridgehead atoms. The van der Waals surface area contributed by atoms with Gasteiger partial charge in [-0.3, -0.25) is 19.1 Å². The molecule has 3 heterocycles. The lowest BCUT2D eigenvalue weighted by molar-refractivity contribution is -0.115. The first-order valence-corrected chi connectivity index (χ1v) is 11.7. The highest BCUT2D eigenvalue weighted by atomic mass is 32.2. The summed E-state index contributed by atoms with van der Waals surface area (Å²) in [7, 11) is 0. The Labute approximate surface area is 197 Å². The van der Waals surface area contributed by atoms with Crippen molar-refractivity contribution in [3.05, 3.63) is 67.0 Å². The maximum Gasteiger partial charge on any atom is 0.234 e. The molecule has 3 N–H and O–H groups in total. The number of anilines is 1. The third kappa shape index (κ3) is 5.99. The molecule has 2 amide bonds. The molecule has 12 heteroatoms. The summed E-state index contributed by atoms with van der Waals surface area (Å²) in [6.45, 7) is 0.377. The van der Waals surface area contributed by atoms with E-state index in [0.29, 0.717) is 34.7 Å². The largest absolute Gasteiger partial charge is 0.467 e. The van der Waals surface area contributed by atoms with Crippen molar-refractivity contribution in [2.24, 2.45) is 5.73 Å². The van der Waals surface area contributed by atoms with E-state index >= 15 is 0 Å². The first-order valence-electron chi connectivity index (χ1n) is 9.75. The molecular formula is C21H19N7O3S2. The van der Waals surface area contributed by atoms with Gasteiger partial charge in [-0.25, -0.2) is 4.98 Å². The zero-order chi connectivity index (χ0) is 23.0. The number of hydrogen-bond acceptors (Lipinski definition) is 9. The molecule has 0 unspecified atom stereocenters. The molecule has 1 aromatic carbocycles. The van der Waals surface area contributed by atoms with Crippen molar-refractivity contribution in [1.29, 1.82) is 0 Å². The third-order valence-corrected chi connectivity index (χ3v) is 6.33. The maximum atomic E-state index is 12.7. The Morgan fingerprint density at radius 2 is 1.94 bits per heavy atom. The summed E-state index contributed by atoms with van der Waals surface area (Å²) in [4.78, 5) is 32.9. The highest BCUT2D eigenvalue weighted by molar-refractivity contribution is 8.00. The number of aromatic nitrogens is 5. The van der Waals surface area contributed by atoms with E-state index in [1.165, 1.54) is 23.5 Å². The average molecular weight is 482 g/mol. The summed E-state index contributed by atoms with van der Waals surface area (Å²) in [5, 5.41) is 11.9. The number of para-hydroxylation sites is 1. The number of nitrogens with zero attached hydrogens (tertiary/aromatic N) is 5. The van der Waals surface area contributed by atoms with Crippen LogP contribution in [-0.2, 0) is 16.1 Å². The predicted octanol–water partition coefficient (Wildman–Crippen LogP) is 2.68. The lowest BCUT2D eigenvalue weighted by atomic mass is 10.3. The van der Waals surface area contributed by atoms with E-state index in [1.807, 2.05) is 28.8 Å². The number of carbonyl (C=O) groups is 2. The number of carbonyl (C=O) groups excluding carboxylic acids is 2. The molecule has 0 aliphatic heterocycles. The van der Waals surface area contributed by atoms with E-state index < -0.39 is 5.91 Å². The van der Waals surface area contributed by atoms with E-state index in [4.69, 9.17) is 10.2 Å². The number of amides is 2. The molecule has 4 aromatic rings. The second-order valence-electron chi connectivity index (χ2n) is 6.65. The first kappa shape index (κ1) is 22.6. The Morgan fingerprint density at radius 3 is 2.70 bits per heavy atom. The van der Waals surface area contributed by atoms with E-state index in [-0.39, 0.29) is 17.4 Å². The molecule has 0 aliphatic carbocycles. The van der Waals surface area contributed by atoms with E-state index in [9.17, 15) is 9.59 Å². The van der Waals surface area contributed by atoms with Gasteiger partial charge in [-0.15, -0.1) is 22.0 Å². The molecule has 3 aromatic heterocycles. The number of thioether (sulfide) groups is 2. The van der Waals surface area contributed by atoms with Gasteiger partial charge in [-0.1, -0.05) is 23.9 Å². The minimum Gasteiger partial charge on any atom is -0.467 e. The van der Waals surface area contributed by atoms with Gasteiger partial charge in [0.1, 0.15) is 11.5 Å². The van der Waals surface area contributed by atoms with Crippen LogP contribution in [0.15, 0.2) is 75.7 Å². The highest BCUT2D eigenvalue weighted by Gasteiger charge is 2.18. The molecule has 33 heavy (non-hydrogen) atoms. The lowest BCUT2D eigenvalue weighted by Crippen LogP contribution is -2.16. The smallest absolute Gasteiger partial charge is 0.234 e. The summed E-state index contributed by atoms with van der Waals surface area (Å²) in [5.41, 5.74) is 6.41. The number of furan rings is 1. The van der Waals surface area contributed by atoms with Gasteiger partial charge < -0.3 is 15.5 Å². The Morgan fingerprint density at radius 1 is 1.06 bits per heavy atom. The second kappa shape index (κ2) is 10.8. The maximum absolute atomic E-state index is 12.7. The minimum absolute atomic E-state index is 0.103. The summed E-state index contributed by atoms with van der Waals surface area (Å²) in [5.74, 6) is 0.823. The SMILES string of the molecule is NC(=O)CSc1ccccc1NC(=O)CSc1nnc(-c2cnccn2)n1Cc1ccco1. The zero-order valence-electron chi connectivity index (χ0n) is 17.2. The number of primary amides is 1. The topological polar surface area (TPSA) is 142 Å². The van der Waals surface area contributed by atoms with Crippen molar-refractivity contribution in [3.63, 3.8) is 0 Å². The fourth-order valence-corrected chi connectivity index (χ4v) is 4.35. The van der Waals surface area contributed by atoms with Crippen LogP contribution in [0, 0.1) is 0 Å². The summed E-state index contributed by atoms with van der Waals surface area (Å²) < 4.78 is 7.30. The molecular weight excluding hydrogens is 462 g/mol. The molecule has 0 saturated carbocycles. The van der Waals surface area contributed by atoms with Gasteiger partial charge in [0.05, 0.1) is 36.2 Å². The Hall–Kier alpha value is -3.64. The van der Waals surface area contributed by atoms with Crippen LogP contribution < -0.4 is 11.1 Å². The number of hydrogen-bond donors (Lipinski definition) is 2. The standard InChI is InChI=1S/C21H19N7O3S2/c22-18(29)12-32-17-6-2-1-5-15(17)25-19(30)13-33-21-27-26-20(16-10-23-7-8-24-16)28(21)11-14-4-3-9-31-14/h1-10H,11-13H2,(H2,22,29)(H,25,30). The van der Waals surface area contributed by atoms with Crippen LogP contribution in [0.4, 0.5) is 5.69 Å². The van der Waals surface area contributed by atoms with Crippen molar-refractivity contribution in [1.82, 2.24) is 24.7 Å². The summed E-state index contributed by atoms with van der Waals surface area (Å²) in [6, 6.07) is 10.9. The summed E-state index contributed by atoms with van der Waals surface area (Å²) in [6.07, 6.45) is 6.35. The van der Waals surface area contributed by atoms with Gasteiger partial charge in [0.2, 0.25) is 11.8 Å².